The van der Waals surface area contributed by atoms with Crippen LogP contribution in [0.3, 0.4) is 0 Å². The van der Waals surface area contributed by atoms with Crippen LogP contribution >= 0.6 is 0 Å². The molecule has 3 aromatic rings. The molecule has 4 heteroatoms. The molecular weight excluding hydrogens is 230 g/mol. The third-order valence-electron chi connectivity index (χ3n) is 3.21. The van der Waals surface area contributed by atoms with E-state index in [0.29, 0.717) is 6.42 Å². The van der Waals surface area contributed by atoms with Gasteiger partial charge < -0.3 is 19.7 Å². The molecule has 1 aromatic carbocycles. The zero-order chi connectivity index (χ0) is 12.7. The van der Waals surface area contributed by atoms with Gasteiger partial charge in [0.2, 0.25) is 0 Å². The van der Waals surface area contributed by atoms with Crippen LogP contribution in [0.1, 0.15) is 18.1 Å². The van der Waals surface area contributed by atoms with Gasteiger partial charge in [-0.15, -0.1) is 0 Å². The molecule has 4 nitrogen and oxygen atoms in total. The molecular formula is C14H15NO3. The molecule has 1 atom stereocenters. The number of fused-ring (bicyclic) bond motifs is 2. The van der Waals surface area contributed by atoms with Gasteiger partial charge in [-0.25, -0.2) is 0 Å². The van der Waals surface area contributed by atoms with Crippen molar-refractivity contribution in [3.63, 3.8) is 0 Å². The highest BCUT2D eigenvalue weighted by Crippen LogP contribution is 2.34. The van der Waals surface area contributed by atoms with E-state index < -0.39 is 0 Å². The maximum atomic E-state index is 9.52. The van der Waals surface area contributed by atoms with Crippen molar-refractivity contribution in [2.75, 3.05) is 0 Å². The summed E-state index contributed by atoms with van der Waals surface area (Å²) >= 11 is 0. The van der Waals surface area contributed by atoms with Crippen molar-refractivity contribution in [2.24, 2.45) is 5.73 Å². The van der Waals surface area contributed by atoms with Crippen LogP contribution in [0.2, 0.25) is 0 Å². The lowest BCUT2D eigenvalue weighted by molar-refractivity contribution is 0.283. The molecule has 0 amide bonds. The molecule has 94 valence electrons. The number of hydrogen-bond donors (Lipinski definition) is 2. The van der Waals surface area contributed by atoms with Crippen LogP contribution < -0.4 is 5.73 Å². The monoisotopic (exact) mass is 245 g/mol. The lowest BCUT2D eigenvalue weighted by Crippen LogP contribution is -2.18. The van der Waals surface area contributed by atoms with Gasteiger partial charge in [-0.2, -0.15) is 0 Å². The van der Waals surface area contributed by atoms with Crippen LogP contribution in [0, 0.1) is 0 Å². The fourth-order valence-corrected chi connectivity index (χ4v) is 2.49. The van der Waals surface area contributed by atoms with Gasteiger partial charge in [-0.1, -0.05) is 0 Å². The highest BCUT2D eigenvalue weighted by atomic mass is 16.3. The smallest absolute Gasteiger partial charge is 0.140 e. The summed E-state index contributed by atoms with van der Waals surface area (Å²) in [6.07, 6.45) is 3.98. The van der Waals surface area contributed by atoms with Gasteiger partial charge in [0.1, 0.15) is 11.2 Å². The Bertz CT molecular complexity index is 642. The van der Waals surface area contributed by atoms with E-state index in [1.165, 1.54) is 0 Å². The fraction of sp³-hybridized carbons (Fsp3) is 0.286. The molecule has 2 heterocycles. The van der Waals surface area contributed by atoms with Crippen LogP contribution in [-0.2, 0) is 13.0 Å². The van der Waals surface area contributed by atoms with E-state index in [9.17, 15) is 5.11 Å². The average molecular weight is 245 g/mol. The molecule has 2 aromatic heterocycles. The first-order chi connectivity index (χ1) is 8.72. The van der Waals surface area contributed by atoms with Crippen LogP contribution in [0.5, 0.6) is 0 Å². The molecule has 3 N–H and O–H groups in total. The van der Waals surface area contributed by atoms with E-state index in [2.05, 4.69) is 0 Å². The van der Waals surface area contributed by atoms with Crippen LogP contribution in [0.25, 0.3) is 21.9 Å². The second-order valence-corrected chi connectivity index (χ2v) is 4.62. The third-order valence-corrected chi connectivity index (χ3v) is 3.21. The Balaban J connectivity index is 2.42. The van der Waals surface area contributed by atoms with Crippen molar-refractivity contribution in [1.29, 1.82) is 0 Å². The van der Waals surface area contributed by atoms with Gasteiger partial charge >= 0.3 is 0 Å². The third kappa shape index (κ3) is 1.54. The van der Waals surface area contributed by atoms with Crippen LogP contribution in [0.4, 0.5) is 0 Å². The molecule has 0 bridgehead atoms. The second-order valence-electron chi connectivity index (χ2n) is 4.62. The minimum atomic E-state index is -0.0709. The molecule has 3 rings (SSSR count). The molecule has 0 saturated heterocycles. The summed E-state index contributed by atoms with van der Waals surface area (Å²) in [7, 11) is 0. The Hall–Kier alpha value is -1.78. The summed E-state index contributed by atoms with van der Waals surface area (Å²) in [5.41, 5.74) is 9.23. The summed E-state index contributed by atoms with van der Waals surface area (Å²) in [4.78, 5) is 0. The first-order valence-corrected chi connectivity index (χ1v) is 5.97. The maximum Gasteiger partial charge on any atom is 0.140 e. The molecule has 0 aliphatic carbocycles. The molecule has 0 spiro atoms. The predicted octanol–water partition coefficient (Wildman–Crippen LogP) is 2.56. The quantitative estimate of drug-likeness (QED) is 0.743. The number of furan rings is 2. The molecule has 18 heavy (non-hydrogen) atoms. The Kier molecular flexibility index (Phi) is 2.61. The molecule has 0 radical (unpaired) electrons. The summed E-state index contributed by atoms with van der Waals surface area (Å²) in [6, 6.07) is 3.79. The number of nitrogens with two attached hydrogens (primary N) is 1. The Morgan fingerprint density at radius 2 is 1.67 bits per heavy atom. The van der Waals surface area contributed by atoms with Crippen LogP contribution in [-0.4, -0.2) is 11.1 Å². The minimum Gasteiger partial charge on any atom is -0.464 e. The molecule has 0 saturated carbocycles. The molecule has 0 aliphatic heterocycles. The SMILES string of the molecule is C[C@@H](N)Cc1c2ccoc2c(CO)c2ccoc12. The van der Waals surface area contributed by atoms with E-state index in [1.54, 1.807) is 12.5 Å². The largest absolute Gasteiger partial charge is 0.464 e. The number of hydrogen-bond acceptors (Lipinski definition) is 4. The van der Waals surface area contributed by atoms with E-state index in [4.69, 9.17) is 14.6 Å². The minimum absolute atomic E-state index is 0.0383. The van der Waals surface area contributed by atoms with Gasteiger partial charge in [0.25, 0.3) is 0 Å². The van der Waals surface area contributed by atoms with Gasteiger partial charge in [0.05, 0.1) is 19.1 Å². The Morgan fingerprint density at radius 3 is 2.22 bits per heavy atom. The Morgan fingerprint density at radius 1 is 1.11 bits per heavy atom. The standard InChI is InChI=1S/C14H15NO3/c1-8(15)6-11-9-2-4-18-14(9)12(7-16)10-3-5-17-13(10)11/h2-5,8,16H,6-7,15H2,1H3/t8-/m1/s1. The van der Waals surface area contributed by atoms with Crippen molar-refractivity contribution in [3.05, 3.63) is 35.8 Å². The summed E-state index contributed by atoms with van der Waals surface area (Å²) in [5, 5.41) is 11.4. The van der Waals surface area contributed by atoms with Gasteiger partial charge in [0.15, 0.2) is 0 Å². The van der Waals surface area contributed by atoms with Gasteiger partial charge in [-0.05, 0) is 25.5 Å². The van der Waals surface area contributed by atoms with E-state index in [-0.39, 0.29) is 12.6 Å². The summed E-state index contributed by atoms with van der Waals surface area (Å²) < 4.78 is 11.1. The van der Waals surface area contributed by atoms with Crippen molar-refractivity contribution in [2.45, 2.75) is 26.0 Å². The predicted molar refractivity (Wildman–Crippen MR) is 69.3 cm³/mol. The first-order valence-electron chi connectivity index (χ1n) is 5.97. The first kappa shape index (κ1) is 11.3. The Labute approximate surface area is 104 Å². The molecule has 0 fully saturated rings. The summed E-state index contributed by atoms with van der Waals surface area (Å²) in [6.45, 7) is 1.89. The topological polar surface area (TPSA) is 72.5 Å². The normalized spacial score (nSPS) is 13.5. The fourth-order valence-electron chi connectivity index (χ4n) is 2.49. The number of aliphatic hydroxyl groups is 1. The lowest BCUT2D eigenvalue weighted by Gasteiger charge is -2.10. The second kappa shape index (κ2) is 4.15. The lowest BCUT2D eigenvalue weighted by atomic mass is 9.97. The zero-order valence-corrected chi connectivity index (χ0v) is 10.1. The van der Waals surface area contributed by atoms with E-state index >= 15 is 0 Å². The molecule has 0 aliphatic rings. The number of benzene rings is 1. The van der Waals surface area contributed by atoms with Crippen molar-refractivity contribution in [1.82, 2.24) is 0 Å². The van der Waals surface area contributed by atoms with Gasteiger partial charge in [0, 0.05) is 27.9 Å². The summed E-state index contributed by atoms with van der Waals surface area (Å²) in [5.74, 6) is 0. The number of rotatable bonds is 3. The van der Waals surface area contributed by atoms with Crippen LogP contribution in [0.15, 0.2) is 33.5 Å². The maximum absolute atomic E-state index is 9.52. The van der Waals surface area contributed by atoms with Crippen molar-refractivity contribution >= 4 is 21.9 Å². The van der Waals surface area contributed by atoms with Crippen molar-refractivity contribution < 1.29 is 13.9 Å². The highest BCUT2D eigenvalue weighted by molar-refractivity contribution is 6.01. The number of aliphatic hydroxyl groups excluding tert-OH is 1. The molecule has 0 unspecified atom stereocenters. The zero-order valence-electron chi connectivity index (χ0n) is 10.1. The van der Waals surface area contributed by atoms with Gasteiger partial charge in [-0.3, -0.25) is 0 Å². The highest BCUT2D eigenvalue weighted by Gasteiger charge is 2.18. The van der Waals surface area contributed by atoms with E-state index in [1.807, 2.05) is 19.1 Å². The van der Waals surface area contributed by atoms with Crippen molar-refractivity contribution in [3.8, 4) is 0 Å². The van der Waals surface area contributed by atoms with E-state index in [0.717, 1.165) is 33.1 Å². The average Bonchev–Trinajstić information content (AvgIpc) is 2.96.